The van der Waals surface area contributed by atoms with Crippen LogP contribution in [-0.2, 0) is 14.3 Å². The Hall–Kier alpha value is -1.14. The number of rotatable bonds is 6. The number of fused-ring (bicyclic) bond motifs is 1. The molecule has 4 atom stereocenters. The lowest BCUT2D eigenvalue weighted by molar-refractivity contribution is -0.148. The van der Waals surface area contributed by atoms with E-state index in [-0.39, 0.29) is 11.8 Å². The van der Waals surface area contributed by atoms with E-state index in [4.69, 9.17) is 4.74 Å². The van der Waals surface area contributed by atoms with E-state index >= 15 is 0 Å². The summed E-state index contributed by atoms with van der Waals surface area (Å²) in [6.07, 6.45) is 14.0. The average molecular weight is 461 g/mol. The van der Waals surface area contributed by atoms with Crippen molar-refractivity contribution < 1.29 is 19.4 Å². The van der Waals surface area contributed by atoms with E-state index in [1.54, 1.807) is 4.90 Å². The second kappa shape index (κ2) is 9.85. The molecule has 4 aliphatic carbocycles. The zero-order chi connectivity index (χ0) is 23.0. The van der Waals surface area contributed by atoms with E-state index in [1.807, 2.05) is 12.0 Å². The number of methoxy groups -OCH3 is 1. The fourth-order valence-electron chi connectivity index (χ4n) is 7.79. The number of nitrogens with zero attached hydrogens (tertiary/aromatic N) is 2. The Balaban J connectivity index is 1.07. The minimum absolute atomic E-state index is 0.128. The summed E-state index contributed by atoms with van der Waals surface area (Å²) >= 11 is 0. The van der Waals surface area contributed by atoms with Gasteiger partial charge < -0.3 is 19.6 Å². The van der Waals surface area contributed by atoms with Gasteiger partial charge in [-0.05, 0) is 107 Å². The first-order chi connectivity index (χ1) is 16.0. The summed E-state index contributed by atoms with van der Waals surface area (Å²) in [4.78, 5) is 29.3. The maximum atomic E-state index is 13.2. The molecule has 1 saturated heterocycles. The van der Waals surface area contributed by atoms with Gasteiger partial charge in [-0.3, -0.25) is 9.59 Å². The summed E-state index contributed by atoms with van der Waals surface area (Å²) in [5.41, 5.74) is -1.09. The molecular formula is C27H44N2O4. The van der Waals surface area contributed by atoms with Gasteiger partial charge in [-0.1, -0.05) is 0 Å². The number of piperazine rings is 1. The van der Waals surface area contributed by atoms with Crippen LogP contribution in [0.1, 0.15) is 77.0 Å². The van der Waals surface area contributed by atoms with Gasteiger partial charge in [0.2, 0.25) is 5.91 Å². The molecule has 1 N–H and O–H groups in total. The average Bonchev–Trinajstić information content (AvgIpc) is 3.49. The highest BCUT2D eigenvalue weighted by Gasteiger charge is 2.50. The summed E-state index contributed by atoms with van der Waals surface area (Å²) in [6, 6.07) is 0. The van der Waals surface area contributed by atoms with Gasteiger partial charge in [0, 0.05) is 45.8 Å². The van der Waals surface area contributed by atoms with E-state index < -0.39 is 5.60 Å². The van der Waals surface area contributed by atoms with E-state index in [0.717, 1.165) is 49.0 Å². The molecular weight excluding hydrogens is 416 g/mol. The predicted molar refractivity (Wildman–Crippen MR) is 126 cm³/mol. The van der Waals surface area contributed by atoms with E-state index in [1.165, 1.54) is 51.4 Å². The highest BCUT2D eigenvalue weighted by molar-refractivity contribution is 5.88. The molecule has 5 aliphatic rings. The number of amides is 2. The van der Waals surface area contributed by atoms with Crippen LogP contribution in [0.2, 0.25) is 0 Å². The third-order valence-electron chi connectivity index (χ3n) is 10.1. The van der Waals surface area contributed by atoms with Gasteiger partial charge in [0.15, 0.2) is 0 Å². The van der Waals surface area contributed by atoms with Crippen LogP contribution in [0.4, 0.5) is 0 Å². The minimum Gasteiger partial charge on any atom is -0.385 e. The lowest BCUT2D eigenvalue weighted by Gasteiger charge is -2.42. The topological polar surface area (TPSA) is 70.1 Å². The summed E-state index contributed by atoms with van der Waals surface area (Å²) < 4.78 is 5.38. The summed E-state index contributed by atoms with van der Waals surface area (Å²) in [6.45, 7) is 3.29. The molecule has 0 aromatic heterocycles. The Labute approximate surface area is 199 Å². The van der Waals surface area contributed by atoms with Crippen LogP contribution < -0.4 is 0 Å². The highest BCUT2D eigenvalue weighted by atomic mass is 16.5. The Morgan fingerprint density at radius 2 is 1.45 bits per heavy atom. The first kappa shape index (κ1) is 23.6. The Morgan fingerprint density at radius 1 is 0.848 bits per heavy atom. The number of hydrogen-bond acceptors (Lipinski definition) is 4. The standard InChI is InChI=1S/C27H44N2O4/c1-33-17-10-21-5-4-20-6-9-23(18-24(20)21)19-2-7-22(8-3-19)25(30)28-13-15-29(16-14-28)26(31)27(32)11-12-27/h19-24,32H,2-18H2,1H3. The third-order valence-corrected chi connectivity index (χ3v) is 10.1. The smallest absolute Gasteiger partial charge is 0.254 e. The van der Waals surface area contributed by atoms with Crippen molar-refractivity contribution in [3.63, 3.8) is 0 Å². The quantitative estimate of drug-likeness (QED) is 0.659. The number of ether oxygens (including phenoxy) is 1. The first-order valence-corrected chi connectivity index (χ1v) is 13.8. The minimum atomic E-state index is -1.09. The molecule has 4 unspecified atom stereocenters. The van der Waals surface area contributed by atoms with E-state index in [0.29, 0.717) is 44.9 Å². The predicted octanol–water partition coefficient (Wildman–Crippen LogP) is 3.47. The van der Waals surface area contributed by atoms with Gasteiger partial charge >= 0.3 is 0 Å². The molecule has 0 aromatic rings. The summed E-state index contributed by atoms with van der Waals surface area (Å²) in [5, 5.41) is 10.1. The van der Waals surface area contributed by atoms with Crippen molar-refractivity contribution in [3.05, 3.63) is 0 Å². The van der Waals surface area contributed by atoms with Crippen molar-refractivity contribution in [2.75, 3.05) is 39.9 Å². The molecule has 5 rings (SSSR count). The summed E-state index contributed by atoms with van der Waals surface area (Å²) in [5.74, 6) is 4.80. The molecule has 0 aromatic carbocycles. The fourth-order valence-corrected chi connectivity index (χ4v) is 7.79. The van der Waals surface area contributed by atoms with Gasteiger partial charge in [-0.15, -0.1) is 0 Å². The molecule has 1 heterocycles. The number of aliphatic hydroxyl groups is 1. The zero-order valence-electron chi connectivity index (χ0n) is 20.6. The van der Waals surface area contributed by atoms with Crippen LogP contribution in [0.15, 0.2) is 0 Å². The van der Waals surface area contributed by atoms with Crippen LogP contribution >= 0.6 is 0 Å². The van der Waals surface area contributed by atoms with Crippen molar-refractivity contribution in [1.82, 2.24) is 9.80 Å². The Kier molecular flexibility index (Phi) is 7.04. The van der Waals surface area contributed by atoms with Crippen LogP contribution in [0, 0.1) is 35.5 Å². The first-order valence-electron chi connectivity index (χ1n) is 13.8. The molecule has 0 radical (unpaired) electrons. The van der Waals surface area contributed by atoms with Crippen molar-refractivity contribution in [2.24, 2.45) is 35.5 Å². The van der Waals surface area contributed by atoms with Gasteiger partial charge in [0.25, 0.3) is 5.91 Å². The number of hydrogen-bond donors (Lipinski definition) is 1. The van der Waals surface area contributed by atoms with E-state index in [9.17, 15) is 14.7 Å². The normalized spacial score (nSPS) is 38.1. The maximum Gasteiger partial charge on any atom is 0.254 e. The molecule has 1 aliphatic heterocycles. The largest absolute Gasteiger partial charge is 0.385 e. The lowest BCUT2D eigenvalue weighted by atomic mass is 9.65. The van der Waals surface area contributed by atoms with E-state index in [2.05, 4.69) is 0 Å². The molecule has 6 nitrogen and oxygen atoms in total. The van der Waals surface area contributed by atoms with Crippen LogP contribution in [0.5, 0.6) is 0 Å². The second-order valence-corrected chi connectivity index (χ2v) is 11.9. The van der Waals surface area contributed by atoms with Gasteiger partial charge in [0.1, 0.15) is 5.60 Å². The zero-order valence-corrected chi connectivity index (χ0v) is 20.6. The Morgan fingerprint density at radius 3 is 2.12 bits per heavy atom. The molecule has 5 fully saturated rings. The van der Waals surface area contributed by atoms with Crippen molar-refractivity contribution in [3.8, 4) is 0 Å². The van der Waals surface area contributed by atoms with Gasteiger partial charge in [-0.2, -0.15) is 0 Å². The van der Waals surface area contributed by atoms with Crippen LogP contribution in [-0.4, -0.2) is 72.2 Å². The molecule has 186 valence electrons. The van der Waals surface area contributed by atoms with Gasteiger partial charge in [-0.25, -0.2) is 0 Å². The van der Waals surface area contributed by atoms with Crippen molar-refractivity contribution >= 4 is 11.8 Å². The summed E-state index contributed by atoms with van der Waals surface area (Å²) in [7, 11) is 1.83. The molecule has 0 spiro atoms. The number of carbonyl (C=O) groups excluding carboxylic acids is 2. The lowest BCUT2D eigenvalue weighted by Crippen LogP contribution is -2.54. The van der Waals surface area contributed by atoms with Gasteiger partial charge in [0.05, 0.1) is 0 Å². The fraction of sp³-hybridized carbons (Fsp3) is 0.926. The maximum absolute atomic E-state index is 13.2. The molecule has 33 heavy (non-hydrogen) atoms. The van der Waals surface area contributed by atoms with Crippen LogP contribution in [0.3, 0.4) is 0 Å². The molecule has 6 heteroatoms. The number of carbonyl (C=O) groups is 2. The van der Waals surface area contributed by atoms with Crippen LogP contribution in [0.25, 0.3) is 0 Å². The Bertz CT molecular complexity index is 707. The van der Waals surface area contributed by atoms with Crippen molar-refractivity contribution in [2.45, 2.75) is 82.7 Å². The molecule has 0 bridgehead atoms. The molecule has 4 saturated carbocycles. The SMILES string of the molecule is COCCC1CCC2CCC(C3CCC(C(=O)N4CCN(C(=O)C5(O)CC5)CC4)CC3)CC12. The highest BCUT2D eigenvalue weighted by Crippen LogP contribution is 2.52. The third kappa shape index (κ3) is 4.98. The van der Waals surface area contributed by atoms with Crippen molar-refractivity contribution in [1.29, 1.82) is 0 Å². The molecule has 2 amide bonds. The monoisotopic (exact) mass is 460 g/mol. The second-order valence-electron chi connectivity index (χ2n) is 11.9.